The second kappa shape index (κ2) is 3.59. The van der Waals surface area contributed by atoms with Gasteiger partial charge in [-0.3, -0.25) is 0 Å². The van der Waals surface area contributed by atoms with E-state index in [-0.39, 0.29) is 0 Å². The third kappa shape index (κ3) is 1.49. The first kappa shape index (κ1) is 10.1. The largest absolute Gasteiger partial charge is 0.496 e. The molecule has 3 N–H and O–H groups in total. The number of nitrogens with two attached hydrogens (primary N) is 1. The quantitative estimate of drug-likeness (QED) is 0.788. The second-order valence-electron chi connectivity index (χ2n) is 3.80. The Hall–Kier alpha value is -1.48. The number of rotatable bonds is 2. The zero-order valence-electron chi connectivity index (χ0n) is 9.35. The molecule has 0 saturated heterocycles. The number of hydrogen-bond donors (Lipinski definition) is 2. The molecular weight excluding hydrogens is 188 g/mol. The summed E-state index contributed by atoms with van der Waals surface area (Å²) >= 11 is 0. The molecule has 0 bridgehead atoms. The van der Waals surface area contributed by atoms with Crippen molar-refractivity contribution in [2.45, 2.75) is 20.4 Å². The third-order valence-corrected chi connectivity index (χ3v) is 2.84. The Labute approximate surface area is 89.2 Å². The van der Waals surface area contributed by atoms with E-state index in [1.54, 1.807) is 7.11 Å². The van der Waals surface area contributed by atoms with Gasteiger partial charge in [-0.05, 0) is 37.1 Å². The Bertz CT molecular complexity index is 500. The van der Waals surface area contributed by atoms with Crippen LogP contribution in [0.1, 0.15) is 16.8 Å². The highest BCUT2D eigenvalue weighted by Gasteiger charge is 2.09. The molecule has 2 rings (SSSR count). The molecule has 0 aliphatic carbocycles. The molecule has 3 nitrogen and oxygen atoms in total. The van der Waals surface area contributed by atoms with Crippen LogP contribution in [0.2, 0.25) is 0 Å². The summed E-state index contributed by atoms with van der Waals surface area (Å²) in [5, 5.41) is 1.16. The Morgan fingerprint density at radius 3 is 2.67 bits per heavy atom. The molecule has 2 aromatic rings. The minimum atomic E-state index is 0.554. The van der Waals surface area contributed by atoms with Crippen LogP contribution in [-0.4, -0.2) is 12.1 Å². The molecule has 1 aromatic heterocycles. The number of nitrogens with one attached hydrogen (secondary N) is 1. The normalized spacial score (nSPS) is 10.9. The molecule has 0 fully saturated rings. The molecule has 3 heteroatoms. The van der Waals surface area contributed by atoms with E-state index in [1.807, 2.05) is 13.8 Å². The SMILES string of the molecule is COc1cc2c(CN)c(C)[nH]c2cc1C. The smallest absolute Gasteiger partial charge is 0.122 e. The molecule has 1 aromatic carbocycles. The third-order valence-electron chi connectivity index (χ3n) is 2.84. The average Bonchev–Trinajstić information content (AvgIpc) is 2.51. The molecule has 0 amide bonds. The van der Waals surface area contributed by atoms with Gasteiger partial charge in [-0.25, -0.2) is 0 Å². The zero-order chi connectivity index (χ0) is 11.0. The molecule has 0 radical (unpaired) electrons. The van der Waals surface area contributed by atoms with Gasteiger partial charge in [0.2, 0.25) is 0 Å². The van der Waals surface area contributed by atoms with Gasteiger partial charge in [0.05, 0.1) is 7.11 Å². The molecule has 0 atom stereocenters. The topological polar surface area (TPSA) is 51.0 Å². The zero-order valence-corrected chi connectivity index (χ0v) is 9.35. The maximum Gasteiger partial charge on any atom is 0.122 e. The number of H-pyrrole nitrogens is 1. The Morgan fingerprint density at radius 2 is 2.07 bits per heavy atom. The lowest BCUT2D eigenvalue weighted by Gasteiger charge is -2.04. The van der Waals surface area contributed by atoms with Crippen molar-refractivity contribution in [2.75, 3.05) is 7.11 Å². The first-order valence-corrected chi connectivity index (χ1v) is 5.03. The fraction of sp³-hybridized carbons (Fsp3) is 0.333. The molecule has 0 spiro atoms. The van der Waals surface area contributed by atoms with Crippen LogP contribution in [0, 0.1) is 13.8 Å². The highest BCUT2D eigenvalue weighted by Crippen LogP contribution is 2.28. The first-order chi connectivity index (χ1) is 7.17. The Kier molecular flexibility index (Phi) is 2.40. The summed E-state index contributed by atoms with van der Waals surface area (Å²) in [6, 6.07) is 4.15. The molecule has 15 heavy (non-hydrogen) atoms. The molecule has 1 heterocycles. The van der Waals surface area contributed by atoms with Gasteiger partial charge < -0.3 is 15.5 Å². The average molecular weight is 204 g/mol. The van der Waals surface area contributed by atoms with E-state index >= 15 is 0 Å². The number of methoxy groups -OCH3 is 1. The predicted molar refractivity (Wildman–Crippen MR) is 62.2 cm³/mol. The van der Waals surface area contributed by atoms with Crippen LogP contribution in [-0.2, 0) is 6.54 Å². The van der Waals surface area contributed by atoms with E-state index in [9.17, 15) is 0 Å². The van der Waals surface area contributed by atoms with Crippen molar-refractivity contribution < 1.29 is 4.74 Å². The lowest BCUT2D eigenvalue weighted by Crippen LogP contribution is -1.97. The van der Waals surface area contributed by atoms with Crippen LogP contribution >= 0.6 is 0 Å². The van der Waals surface area contributed by atoms with Crippen molar-refractivity contribution in [3.63, 3.8) is 0 Å². The fourth-order valence-electron chi connectivity index (χ4n) is 2.00. The van der Waals surface area contributed by atoms with Gasteiger partial charge in [-0.15, -0.1) is 0 Å². The first-order valence-electron chi connectivity index (χ1n) is 5.03. The minimum absolute atomic E-state index is 0.554. The van der Waals surface area contributed by atoms with Crippen molar-refractivity contribution in [2.24, 2.45) is 5.73 Å². The van der Waals surface area contributed by atoms with Crippen LogP contribution in [0.5, 0.6) is 5.75 Å². The van der Waals surface area contributed by atoms with E-state index in [1.165, 1.54) is 5.56 Å². The highest BCUT2D eigenvalue weighted by molar-refractivity contribution is 5.86. The van der Waals surface area contributed by atoms with Crippen molar-refractivity contribution in [1.82, 2.24) is 4.98 Å². The van der Waals surface area contributed by atoms with E-state index < -0.39 is 0 Å². The van der Waals surface area contributed by atoms with Crippen LogP contribution in [0.15, 0.2) is 12.1 Å². The minimum Gasteiger partial charge on any atom is -0.496 e. The van der Waals surface area contributed by atoms with E-state index in [4.69, 9.17) is 10.5 Å². The van der Waals surface area contributed by atoms with Crippen LogP contribution in [0.4, 0.5) is 0 Å². The molecule has 0 unspecified atom stereocenters. The predicted octanol–water partition coefficient (Wildman–Crippen LogP) is 2.25. The maximum atomic E-state index is 5.73. The van der Waals surface area contributed by atoms with Gasteiger partial charge in [0.1, 0.15) is 5.75 Å². The number of hydrogen-bond acceptors (Lipinski definition) is 2. The van der Waals surface area contributed by atoms with Gasteiger partial charge in [0, 0.05) is 23.1 Å². The monoisotopic (exact) mass is 204 g/mol. The number of aromatic nitrogens is 1. The summed E-state index contributed by atoms with van der Waals surface area (Å²) < 4.78 is 5.31. The van der Waals surface area contributed by atoms with E-state index in [0.717, 1.165) is 27.9 Å². The van der Waals surface area contributed by atoms with Gasteiger partial charge >= 0.3 is 0 Å². The van der Waals surface area contributed by atoms with E-state index in [0.29, 0.717) is 6.54 Å². The van der Waals surface area contributed by atoms with Crippen LogP contribution in [0.25, 0.3) is 10.9 Å². The second-order valence-corrected chi connectivity index (χ2v) is 3.80. The standard InChI is InChI=1S/C12H16N2O/c1-7-4-11-9(5-12(7)15-3)10(6-13)8(2)14-11/h4-5,14H,6,13H2,1-3H3. The number of benzene rings is 1. The lowest BCUT2D eigenvalue weighted by atomic mass is 10.1. The summed E-state index contributed by atoms with van der Waals surface area (Å²) in [7, 11) is 1.69. The van der Waals surface area contributed by atoms with E-state index in [2.05, 4.69) is 17.1 Å². The summed E-state index contributed by atoms with van der Waals surface area (Å²) in [6.45, 7) is 4.64. The van der Waals surface area contributed by atoms with Crippen LogP contribution in [0.3, 0.4) is 0 Å². The molecule has 80 valence electrons. The van der Waals surface area contributed by atoms with Crippen molar-refractivity contribution >= 4 is 10.9 Å². The Balaban J connectivity index is 2.76. The Morgan fingerprint density at radius 1 is 1.33 bits per heavy atom. The molecule has 0 saturated carbocycles. The lowest BCUT2D eigenvalue weighted by molar-refractivity contribution is 0.412. The molecule has 0 aliphatic heterocycles. The fourth-order valence-corrected chi connectivity index (χ4v) is 2.00. The van der Waals surface area contributed by atoms with Crippen molar-refractivity contribution in [3.8, 4) is 5.75 Å². The van der Waals surface area contributed by atoms with Crippen LogP contribution < -0.4 is 10.5 Å². The summed E-state index contributed by atoms with van der Waals surface area (Å²) in [5.41, 5.74) is 10.3. The van der Waals surface area contributed by atoms with Gasteiger partial charge in [-0.2, -0.15) is 0 Å². The van der Waals surface area contributed by atoms with Crippen molar-refractivity contribution in [3.05, 3.63) is 29.0 Å². The molecule has 0 aliphatic rings. The van der Waals surface area contributed by atoms with Crippen molar-refractivity contribution in [1.29, 1.82) is 0 Å². The van der Waals surface area contributed by atoms with Gasteiger partial charge in [0.25, 0.3) is 0 Å². The summed E-state index contributed by atoms with van der Waals surface area (Å²) in [4.78, 5) is 3.33. The van der Waals surface area contributed by atoms with Gasteiger partial charge in [0.15, 0.2) is 0 Å². The number of fused-ring (bicyclic) bond motifs is 1. The number of aromatic amines is 1. The van der Waals surface area contributed by atoms with Gasteiger partial charge in [-0.1, -0.05) is 0 Å². The number of ether oxygens (including phenoxy) is 1. The summed E-state index contributed by atoms with van der Waals surface area (Å²) in [5.74, 6) is 0.913. The highest BCUT2D eigenvalue weighted by atomic mass is 16.5. The maximum absolute atomic E-state index is 5.73. The number of aryl methyl sites for hydroxylation is 2. The summed E-state index contributed by atoms with van der Waals surface area (Å²) in [6.07, 6.45) is 0. The molecular formula is C12H16N2O.